The molecule has 0 fully saturated rings. The van der Waals surface area contributed by atoms with Crippen molar-refractivity contribution in [3.05, 3.63) is 0 Å². The maximum absolute atomic E-state index is 11.5. The van der Waals surface area contributed by atoms with E-state index in [1.807, 2.05) is 20.8 Å². The van der Waals surface area contributed by atoms with Crippen LogP contribution in [0.25, 0.3) is 0 Å². The van der Waals surface area contributed by atoms with Gasteiger partial charge in [-0.1, -0.05) is 13.8 Å². The summed E-state index contributed by atoms with van der Waals surface area (Å²) in [5, 5.41) is 3.18. The van der Waals surface area contributed by atoms with Crippen molar-refractivity contribution in [1.29, 1.82) is 0 Å². The third-order valence-electron chi connectivity index (χ3n) is 2.38. The molecule has 0 bridgehead atoms. The van der Waals surface area contributed by atoms with Crippen molar-refractivity contribution in [3.8, 4) is 0 Å². The minimum Gasteiger partial charge on any atom is -0.464 e. The molecule has 14 heavy (non-hydrogen) atoms. The van der Waals surface area contributed by atoms with Gasteiger partial charge < -0.3 is 10.1 Å². The summed E-state index contributed by atoms with van der Waals surface area (Å²) in [6.07, 6.45) is 1.92. The van der Waals surface area contributed by atoms with Gasteiger partial charge in [0.1, 0.15) is 6.61 Å². The zero-order chi connectivity index (χ0) is 11.0. The van der Waals surface area contributed by atoms with E-state index in [2.05, 4.69) is 12.2 Å². The van der Waals surface area contributed by atoms with Crippen molar-refractivity contribution >= 4 is 5.97 Å². The average molecular weight is 201 g/mol. The molecule has 0 saturated heterocycles. The SMILES string of the molecule is CCCNCCOC(=O)C(C)(C)CC. The molecule has 0 aliphatic rings. The fourth-order valence-electron chi connectivity index (χ4n) is 0.857. The lowest BCUT2D eigenvalue weighted by atomic mass is 9.91. The number of hydrogen-bond donors (Lipinski definition) is 1. The molecule has 0 radical (unpaired) electrons. The number of rotatable bonds is 7. The van der Waals surface area contributed by atoms with Crippen molar-refractivity contribution in [3.63, 3.8) is 0 Å². The topological polar surface area (TPSA) is 38.3 Å². The Kier molecular flexibility index (Phi) is 6.54. The Labute approximate surface area is 87.2 Å². The Morgan fingerprint density at radius 1 is 1.29 bits per heavy atom. The third kappa shape index (κ3) is 5.22. The van der Waals surface area contributed by atoms with Gasteiger partial charge in [0.15, 0.2) is 0 Å². The molecule has 0 amide bonds. The van der Waals surface area contributed by atoms with Crippen molar-refractivity contribution in [2.45, 2.75) is 40.5 Å². The van der Waals surface area contributed by atoms with Crippen LogP contribution >= 0.6 is 0 Å². The number of ether oxygens (including phenoxy) is 1. The fourth-order valence-corrected chi connectivity index (χ4v) is 0.857. The quantitative estimate of drug-likeness (QED) is 0.505. The van der Waals surface area contributed by atoms with Crippen LogP contribution in [-0.4, -0.2) is 25.7 Å². The van der Waals surface area contributed by atoms with Gasteiger partial charge in [-0.3, -0.25) is 4.79 Å². The maximum atomic E-state index is 11.5. The van der Waals surface area contributed by atoms with E-state index in [0.29, 0.717) is 6.61 Å². The average Bonchev–Trinajstić information content (AvgIpc) is 2.17. The van der Waals surface area contributed by atoms with Crippen LogP contribution in [0.2, 0.25) is 0 Å². The summed E-state index contributed by atoms with van der Waals surface area (Å²) in [5.74, 6) is -0.0988. The second-order valence-corrected chi connectivity index (χ2v) is 4.12. The van der Waals surface area contributed by atoms with Gasteiger partial charge >= 0.3 is 5.97 Å². The second-order valence-electron chi connectivity index (χ2n) is 4.12. The molecule has 0 aliphatic carbocycles. The first-order valence-corrected chi connectivity index (χ1v) is 5.42. The van der Waals surface area contributed by atoms with E-state index in [1.54, 1.807) is 0 Å². The summed E-state index contributed by atoms with van der Waals surface area (Å²) in [7, 11) is 0. The van der Waals surface area contributed by atoms with Crippen LogP contribution in [0.4, 0.5) is 0 Å². The normalized spacial score (nSPS) is 11.4. The van der Waals surface area contributed by atoms with Gasteiger partial charge in [-0.25, -0.2) is 0 Å². The Morgan fingerprint density at radius 2 is 1.93 bits per heavy atom. The molecule has 1 N–H and O–H groups in total. The summed E-state index contributed by atoms with van der Waals surface area (Å²) >= 11 is 0. The highest BCUT2D eigenvalue weighted by molar-refractivity contribution is 5.75. The molecule has 0 aromatic heterocycles. The van der Waals surface area contributed by atoms with Crippen LogP contribution in [0.3, 0.4) is 0 Å². The van der Waals surface area contributed by atoms with Gasteiger partial charge in [-0.15, -0.1) is 0 Å². The number of nitrogens with one attached hydrogen (secondary N) is 1. The molecule has 3 nitrogen and oxygen atoms in total. The summed E-state index contributed by atoms with van der Waals surface area (Å²) in [6, 6.07) is 0. The largest absolute Gasteiger partial charge is 0.464 e. The van der Waals surface area contributed by atoms with E-state index in [-0.39, 0.29) is 11.4 Å². The Balaban J connectivity index is 3.54. The Bertz CT molecular complexity index is 167. The minimum atomic E-state index is -0.343. The van der Waals surface area contributed by atoms with Gasteiger partial charge in [-0.2, -0.15) is 0 Å². The lowest BCUT2D eigenvalue weighted by Gasteiger charge is -2.20. The van der Waals surface area contributed by atoms with E-state index >= 15 is 0 Å². The maximum Gasteiger partial charge on any atom is 0.311 e. The van der Waals surface area contributed by atoms with Crippen molar-refractivity contribution in [2.24, 2.45) is 5.41 Å². The van der Waals surface area contributed by atoms with Crippen molar-refractivity contribution in [2.75, 3.05) is 19.7 Å². The molecule has 0 aromatic carbocycles. The smallest absolute Gasteiger partial charge is 0.311 e. The third-order valence-corrected chi connectivity index (χ3v) is 2.38. The van der Waals surface area contributed by atoms with E-state index in [9.17, 15) is 4.79 Å². The summed E-state index contributed by atoms with van der Waals surface area (Å²) in [6.45, 7) is 10.1. The fraction of sp³-hybridized carbons (Fsp3) is 0.909. The Hall–Kier alpha value is -0.570. The zero-order valence-corrected chi connectivity index (χ0v) is 9.85. The molecule has 0 aliphatic heterocycles. The zero-order valence-electron chi connectivity index (χ0n) is 9.85. The molecule has 0 spiro atoms. The lowest BCUT2D eigenvalue weighted by Crippen LogP contribution is -2.29. The molecule has 0 heterocycles. The first-order chi connectivity index (χ1) is 6.54. The molecule has 84 valence electrons. The monoisotopic (exact) mass is 201 g/mol. The van der Waals surface area contributed by atoms with E-state index in [1.165, 1.54) is 0 Å². The van der Waals surface area contributed by atoms with Crippen LogP contribution in [0.15, 0.2) is 0 Å². The van der Waals surface area contributed by atoms with Gasteiger partial charge in [0.2, 0.25) is 0 Å². The van der Waals surface area contributed by atoms with Crippen LogP contribution in [-0.2, 0) is 9.53 Å². The summed E-state index contributed by atoms with van der Waals surface area (Å²) in [5.41, 5.74) is -0.343. The number of carbonyl (C=O) groups excluding carboxylic acids is 1. The number of hydrogen-bond acceptors (Lipinski definition) is 3. The molecule has 3 heteroatoms. The van der Waals surface area contributed by atoms with Gasteiger partial charge in [-0.05, 0) is 33.2 Å². The van der Waals surface area contributed by atoms with E-state index in [0.717, 1.165) is 25.9 Å². The highest BCUT2D eigenvalue weighted by Crippen LogP contribution is 2.20. The van der Waals surface area contributed by atoms with Crippen LogP contribution in [0.1, 0.15) is 40.5 Å². The first kappa shape index (κ1) is 13.4. The molecular formula is C11H23NO2. The van der Waals surface area contributed by atoms with Gasteiger partial charge in [0.05, 0.1) is 5.41 Å². The first-order valence-electron chi connectivity index (χ1n) is 5.42. The van der Waals surface area contributed by atoms with Crippen LogP contribution in [0.5, 0.6) is 0 Å². The molecule has 0 aromatic rings. The predicted molar refractivity (Wildman–Crippen MR) is 58.2 cm³/mol. The van der Waals surface area contributed by atoms with Crippen molar-refractivity contribution in [1.82, 2.24) is 5.32 Å². The summed E-state index contributed by atoms with van der Waals surface area (Å²) in [4.78, 5) is 11.5. The van der Waals surface area contributed by atoms with Gasteiger partial charge in [0.25, 0.3) is 0 Å². The molecule has 0 atom stereocenters. The summed E-state index contributed by atoms with van der Waals surface area (Å²) < 4.78 is 5.14. The second kappa shape index (κ2) is 6.82. The van der Waals surface area contributed by atoms with E-state index < -0.39 is 0 Å². The minimum absolute atomic E-state index is 0.0988. The number of carbonyl (C=O) groups is 1. The molecule has 0 unspecified atom stereocenters. The Morgan fingerprint density at radius 3 is 2.43 bits per heavy atom. The predicted octanol–water partition coefficient (Wildman–Crippen LogP) is 1.97. The molecule has 0 rings (SSSR count). The van der Waals surface area contributed by atoms with Crippen LogP contribution < -0.4 is 5.32 Å². The number of esters is 1. The highest BCUT2D eigenvalue weighted by Gasteiger charge is 2.26. The lowest BCUT2D eigenvalue weighted by molar-refractivity contribution is -0.153. The van der Waals surface area contributed by atoms with Crippen molar-refractivity contribution < 1.29 is 9.53 Å². The standard InChI is InChI=1S/C11H23NO2/c1-5-7-12-8-9-14-10(13)11(3,4)6-2/h12H,5-9H2,1-4H3. The molecule has 0 saturated carbocycles. The van der Waals surface area contributed by atoms with Crippen LogP contribution in [0, 0.1) is 5.41 Å². The van der Waals surface area contributed by atoms with Gasteiger partial charge in [0, 0.05) is 6.54 Å². The molecular weight excluding hydrogens is 178 g/mol. The van der Waals surface area contributed by atoms with E-state index in [4.69, 9.17) is 4.74 Å². The highest BCUT2D eigenvalue weighted by atomic mass is 16.5.